The second-order valence-electron chi connectivity index (χ2n) is 5.06. The molecular formula is C18H22N2O. The summed E-state index contributed by atoms with van der Waals surface area (Å²) in [6.07, 6.45) is 2.78. The van der Waals surface area contributed by atoms with E-state index in [0.29, 0.717) is 0 Å². The molecule has 0 aliphatic carbocycles. The average Bonchev–Trinajstić information content (AvgIpc) is 2.50. The molecule has 0 radical (unpaired) electrons. The molecule has 2 rings (SSSR count). The predicted molar refractivity (Wildman–Crippen MR) is 89.4 cm³/mol. The topological polar surface area (TPSA) is 33.6 Å². The van der Waals surface area contributed by atoms with E-state index in [1.807, 2.05) is 30.3 Å². The highest BCUT2D eigenvalue weighted by atomic mass is 16.5. The molecule has 0 aromatic heterocycles. The van der Waals surface area contributed by atoms with Crippen LogP contribution in [0.3, 0.4) is 0 Å². The zero-order valence-corrected chi connectivity index (χ0v) is 12.9. The number of aryl methyl sites for hydroxylation is 2. The van der Waals surface area contributed by atoms with Gasteiger partial charge in [-0.3, -0.25) is 5.43 Å². The van der Waals surface area contributed by atoms with Crippen molar-refractivity contribution >= 4 is 11.9 Å². The maximum atomic E-state index is 5.70. The number of rotatable bonds is 6. The fourth-order valence-electron chi connectivity index (χ4n) is 1.92. The lowest BCUT2D eigenvalue weighted by Gasteiger charge is -2.07. The monoisotopic (exact) mass is 282 g/mol. The van der Waals surface area contributed by atoms with Crippen LogP contribution in [-0.2, 0) is 0 Å². The molecule has 2 aromatic carbocycles. The first-order chi connectivity index (χ1) is 10.2. The van der Waals surface area contributed by atoms with Gasteiger partial charge in [0.05, 0.1) is 18.5 Å². The van der Waals surface area contributed by atoms with Crippen LogP contribution in [0.15, 0.2) is 47.6 Å². The Morgan fingerprint density at radius 1 is 1.10 bits per heavy atom. The molecule has 0 unspecified atom stereocenters. The first-order valence-corrected chi connectivity index (χ1v) is 7.29. The van der Waals surface area contributed by atoms with Crippen LogP contribution in [0.25, 0.3) is 0 Å². The molecular weight excluding hydrogens is 260 g/mol. The highest BCUT2D eigenvalue weighted by molar-refractivity contribution is 5.84. The predicted octanol–water partition coefficient (Wildman–Crippen LogP) is 4.54. The molecule has 0 spiro atoms. The highest BCUT2D eigenvalue weighted by Gasteiger charge is 1.99. The number of nitrogens with one attached hydrogen (secondary N) is 1. The number of hydrogen-bond acceptors (Lipinski definition) is 3. The van der Waals surface area contributed by atoms with Crippen molar-refractivity contribution in [1.82, 2.24) is 0 Å². The molecule has 0 heterocycles. The van der Waals surface area contributed by atoms with Crippen molar-refractivity contribution in [2.45, 2.75) is 27.2 Å². The van der Waals surface area contributed by atoms with Crippen molar-refractivity contribution in [2.24, 2.45) is 5.10 Å². The Bertz CT molecular complexity index is 620. The van der Waals surface area contributed by atoms with Gasteiger partial charge in [0.25, 0.3) is 0 Å². The summed E-state index contributed by atoms with van der Waals surface area (Å²) in [5.74, 6) is 0.866. The molecule has 0 amide bonds. The third-order valence-corrected chi connectivity index (χ3v) is 3.28. The molecule has 2 aromatic rings. The summed E-state index contributed by atoms with van der Waals surface area (Å²) in [6.45, 7) is 7.01. The molecule has 0 saturated heterocycles. The lowest BCUT2D eigenvalue weighted by Crippen LogP contribution is -1.99. The SMILES string of the molecule is CCCOc1ccccc1/C=N/Nc1ccc(C)c(C)c1. The van der Waals surface area contributed by atoms with Gasteiger partial charge < -0.3 is 4.74 Å². The summed E-state index contributed by atoms with van der Waals surface area (Å²) < 4.78 is 5.70. The molecule has 0 aliphatic heterocycles. The number of benzene rings is 2. The van der Waals surface area contributed by atoms with Gasteiger partial charge in [-0.1, -0.05) is 25.1 Å². The zero-order chi connectivity index (χ0) is 15.1. The molecule has 1 N–H and O–H groups in total. The largest absolute Gasteiger partial charge is 0.493 e. The van der Waals surface area contributed by atoms with Crippen LogP contribution in [0.4, 0.5) is 5.69 Å². The van der Waals surface area contributed by atoms with Crippen LogP contribution < -0.4 is 10.2 Å². The van der Waals surface area contributed by atoms with Crippen molar-refractivity contribution < 1.29 is 4.74 Å². The number of hydrogen-bond donors (Lipinski definition) is 1. The van der Waals surface area contributed by atoms with Crippen molar-refractivity contribution in [3.63, 3.8) is 0 Å². The summed E-state index contributed by atoms with van der Waals surface area (Å²) in [4.78, 5) is 0. The molecule has 110 valence electrons. The summed E-state index contributed by atoms with van der Waals surface area (Å²) in [7, 11) is 0. The van der Waals surface area contributed by atoms with E-state index >= 15 is 0 Å². The maximum absolute atomic E-state index is 5.70. The molecule has 0 fully saturated rings. The summed E-state index contributed by atoms with van der Waals surface area (Å²) >= 11 is 0. The first kappa shape index (κ1) is 15.1. The van der Waals surface area contributed by atoms with Gasteiger partial charge in [-0.2, -0.15) is 5.10 Å². The molecule has 0 bridgehead atoms. The molecule has 21 heavy (non-hydrogen) atoms. The van der Waals surface area contributed by atoms with E-state index in [0.717, 1.165) is 30.0 Å². The smallest absolute Gasteiger partial charge is 0.128 e. The van der Waals surface area contributed by atoms with Gasteiger partial charge in [0.15, 0.2) is 0 Å². The van der Waals surface area contributed by atoms with E-state index in [4.69, 9.17) is 4.74 Å². The quantitative estimate of drug-likeness (QED) is 0.623. The standard InChI is InChI=1S/C18H22N2O/c1-4-11-21-18-8-6-5-7-16(18)13-19-20-17-10-9-14(2)15(3)12-17/h5-10,12-13,20H,4,11H2,1-3H3/b19-13+. The zero-order valence-electron chi connectivity index (χ0n) is 12.9. The number of nitrogens with zero attached hydrogens (tertiary/aromatic N) is 1. The van der Waals surface area contributed by atoms with Crippen molar-refractivity contribution in [1.29, 1.82) is 0 Å². The fraction of sp³-hybridized carbons (Fsp3) is 0.278. The highest BCUT2D eigenvalue weighted by Crippen LogP contribution is 2.17. The van der Waals surface area contributed by atoms with Crippen LogP contribution in [0.2, 0.25) is 0 Å². The molecule has 0 saturated carbocycles. The number of anilines is 1. The van der Waals surface area contributed by atoms with Gasteiger partial charge in [0.2, 0.25) is 0 Å². The summed E-state index contributed by atoms with van der Waals surface area (Å²) in [5.41, 5.74) is 7.55. The molecule has 0 atom stereocenters. The van der Waals surface area contributed by atoms with E-state index in [2.05, 4.69) is 43.4 Å². The van der Waals surface area contributed by atoms with Gasteiger partial charge in [0.1, 0.15) is 5.75 Å². The second-order valence-corrected chi connectivity index (χ2v) is 5.06. The van der Waals surface area contributed by atoms with Crippen LogP contribution in [0.5, 0.6) is 5.75 Å². The van der Waals surface area contributed by atoms with Crippen LogP contribution >= 0.6 is 0 Å². The number of hydrazone groups is 1. The van der Waals surface area contributed by atoms with Crippen molar-refractivity contribution in [3.05, 3.63) is 59.2 Å². The second kappa shape index (κ2) is 7.48. The summed E-state index contributed by atoms with van der Waals surface area (Å²) in [5, 5.41) is 4.30. The summed E-state index contributed by atoms with van der Waals surface area (Å²) in [6, 6.07) is 14.1. The fourth-order valence-corrected chi connectivity index (χ4v) is 1.92. The van der Waals surface area contributed by atoms with Crippen LogP contribution in [0.1, 0.15) is 30.0 Å². The Morgan fingerprint density at radius 2 is 1.90 bits per heavy atom. The van der Waals surface area contributed by atoms with E-state index in [1.165, 1.54) is 11.1 Å². The van der Waals surface area contributed by atoms with E-state index in [9.17, 15) is 0 Å². The van der Waals surface area contributed by atoms with E-state index in [-0.39, 0.29) is 0 Å². The minimum absolute atomic E-state index is 0.718. The van der Waals surface area contributed by atoms with E-state index < -0.39 is 0 Å². The lowest BCUT2D eigenvalue weighted by atomic mass is 10.1. The average molecular weight is 282 g/mol. The normalized spacial score (nSPS) is 10.8. The third kappa shape index (κ3) is 4.35. The minimum Gasteiger partial charge on any atom is -0.493 e. The Kier molecular flexibility index (Phi) is 5.38. The lowest BCUT2D eigenvalue weighted by molar-refractivity contribution is 0.317. The van der Waals surface area contributed by atoms with Gasteiger partial charge in [-0.15, -0.1) is 0 Å². The minimum atomic E-state index is 0.718. The van der Waals surface area contributed by atoms with Crippen LogP contribution in [-0.4, -0.2) is 12.8 Å². The van der Waals surface area contributed by atoms with Gasteiger partial charge in [-0.05, 0) is 55.7 Å². The van der Waals surface area contributed by atoms with E-state index in [1.54, 1.807) is 6.21 Å². The van der Waals surface area contributed by atoms with Crippen molar-refractivity contribution in [2.75, 3.05) is 12.0 Å². The molecule has 3 heteroatoms. The number of para-hydroxylation sites is 1. The molecule has 0 aliphatic rings. The number of ether oxygens (including phenoxy) is 1. The first-order valence-electron chi connectivity index (χ1n) is 7.29. The van der Waals surface area contributed by atoms with Gasteiger partial charge in [0, 0.05) is 5.56 Å². The Hall–Kier alpha value is -2.29. The van der Waals surface area contributed by atoms with Crippen molar-refractivity contribution in [3.8, 4) is 5.75 Å². The van der Waals surface area contributed by atoms with Gasteiger partial charge in [-0.25, -0.2) is 0 Å². The Balaban J connectivity index is 2.05. The van der Waals surface area contributed by atoms with Gasteiger partial charge >= 0.3 is 0 Å². The Morgan fingerprint density at radius 3 is 2.67 bits per heavy atom. The Labute approximate surface area is 126 Å². The third-order valence-electron chi connectivity index (χ3n) is 3.28. The van der Waals surface area contributed by atoms with Crippen LogP contribution in [0, 0.1) is 13.8 Å². The molecule has 3 nitrogen and oxygen atoms in total. The maximum Gasteiger partial charge on any atom is 0.128 e.